The topological polar surface area (TPSA) is 43.1 Å². The highest BCUT2D eigenvalue weighted by Gasteiger charge is 2.16. The summed E-state index contributed by atoms with van der Waals surface area (Å²) in [5.41, 5.74) is 0.348. The Kier molecular flexibility index (Phi) is 3.75. The summed E-state index contributed by atoms with van der Waals surface area (Å²) in [6.45, 7) is 0. The summed E-state index contributed by atoms with van der Waals surface area (Å²) in [6.07, 6.45) is 0. The first kappa shape index (κ1) is 11.0. The third-order valence-electron chi connectivity index (χ3n) is 1.47. The summed E-state index contributed by atoms with van der Waals surface area (Å²) in [7, 11) is 0. The van der Waals surface area contributed by atoms with E-state index in [9.17, 15) is 10.1 Å². The van der Waals surface area contributed by atoms with E-state index < -0.39 is 4.92 Å². The number of alkyl halides is 1. The van der Waals surface area contributed by atoms with E-state index in [1.54, 1.807) is 6.07 Å². The van der Waals surface area contributed by atoms with Crippen molar-refractivity contribution in [2.75, 3.05) is 0 Å². The largest absolute Gasteiger partial charge is 0.276 e. The minimum Gasteiger partial charge on any atom is -0.258 e. The Bertz CT molecular complexity index is 357. The number of rotatable bonds is 2. The second-order valence-electron chi connectivity index (χ2n) is 2.28. The molecular formula is C7H4Cl2INO2. The fraction of sp³-hybridized carbons (Fsp3) is 0.143. The maximum Gasteiger partial charge on any atom is 0.276 e. The van der Waals surface area contributed by atoms with Gasteiger partial charge < -0.3 is 0 Å². The van der Waals surface area contributed by atoms with E-state index in [0.717, 1.165) is 3.57 Å². The lowest BCUT2D eigenvalue weighted by atomic mass is 10.2. The number of hydrogen-bond acceptors (Lipinski definition) is 2. The van der Waals surface area contributed by atoms with E-state index in [1.807, 2.05) is 22.6 Å². The number of nitro benzene ring substituents is 1. The van der Waals surface area contributed by atoms with E-state index >= 15 is 0 Å². The van der Waals surface area contributed by atoms with Crippen LogP contribution in [-0.2, 0) is 5.88 Å². The maximum atomic E-state index is 10.6. The molecule has 0 heterocycles. The van der Waals surface area contributed by atoms with Gasteiger partial charge in [0, 0.05) is 9.64 Å². The van der Waals surface area contributed by atoms with E-state index in [2.05, 4.69) is 0 Å². The van der Waals surface area contributed by atoms with Gasteiger partial charge in [-0.05, 0) is 28.7 Å². The highest BCUT2D eigenvalue weighted by molar-refractivity contribution is 14.1. The van der Waals surface area contributed by atoms with Crippen molar-refractivity contribution < 1.29 is 4.92 Å². The van der Waals surface area contributed by atoms with Gasteiger partial charge in [0.25, 0.3) is 5.69 Å². The fourth-order valence-corrected chi connectivity index (χ4v) is 2.31. The number of nitrogens with zero attached hydrogens (tertiary/aromatic N) is 1. The van der Waals surface area contributed by atoms with Crippen molar-refractivity contribution in [2.24, 2.45) is 0 Å². The molecule has 6 heteroatoms. The van der Waals surface area contributed by atoms with Gasteiger partial charge in [-0.3, -0.25) is 10.1 Å². The lowest BCUT2D eigenvalue weighted by molar-refractivity contribution is -0.385. The average Bonchev–Trinajstić information content (AvgIpc) is 2.02. The third kappa shape index (κ3) is 2.45. The summed E-state index contributed by atoms with van der Waals surface area (Å²) in [5, 5.41) is 10.9. The molecule has 1 rings (SSSR count). The van der Waals surface area contributed by atoms with Gasteiger partial charge in [-0.15, -0.1) is 11.6 Å². The molecule has 0 spiro atoms. The summed E-state index contributed by atoms with van der Waals surface area (Å²) >= 11 is 13.3. The average molecular weight is 332 g/mol. The van der Waals surface area contributed by atoms with Crippen molar-refractivity contribution in [1.29, 1.82) is 0 Å². The van der Waals surface area contributed by atoms with Crippen LogP contribution in [0.15, 0.2) is 12.1 Å². The Balaban J connectivity index is 3.38. The van der Waals surface area contributed by atoms with Crippen molar-refractivity contribution in [3.63, 3.8) is 0 Å². The SMILES string of the molecule is O=[N+]([O-])c1cc(I)cc(Cl)c1CCl. The highest BCUT2D eigenvalue weighted by atomic mass is 127. The molecule has 0 atom stereocenters. The number of benzene rings is 1. The molecule has 0 aliphatic rings. The first-order valence-corrected chi connectivity index (χ1v) is 5.23. The van der Waals surface area contributed by atoms with Crippen LogP contribution in [0.5, 0.6) is 0 Å². The molecular weight excluding hydrogens is 328 g/mol. The van der Waals surface area contributed by atoms with Gasteiger partial charge >= 0.3 is 0 Å². The standard InChI is InChI=1S/C7H4Cl2INO2/c8-3-5-6(9)1-4(10)2-7(5)11(12)13/h1-2H,3H2. The van der Waals surface area contributed by atoms with Crippen LogP contribution >= 0.6 is 45.8 Å². The molecule has 70 valence electrons. The van der Waals surface area contributed by atoms with Gasteiger partial charge in [-0.25, -0.2) is 0 Å². The normalized spacial score (nSPS) is 10.1. The van der Waals surface area contributed by atoms with Crippen molar-refractivity contribution in [1.82, 2.24) is 0 Å². The molecule has 0 aromatic heterocycles. The molecule has 3 nitrogen and oxygen atoms in total. The molecule has 0 amide bonds. The van der Waals surface area contributed by atoms with Crippen LogP contribution < -0.4 is 0 Å². The fourth-order valence-electron chi connectivity index (χ4n) is 0.885. The van der Waals surface area contributed by atoms with Crippen LogP contribution in [0.2, 0.25) is 5.02 Å². The molecule has 0 N–H and O–H groups in total. The van der Waals surface area contributed by atoms with Gasteiger partial charge in [-0.2, -0.15) is 0 Å². The van der Waals surface area contributed by atoms with Crippen LogP contribution in [-0.4, -0.2) is 4.92 Å². The van der Waals surface area contributed by atoms with Crippen molar-refractivity contribution >= 4 is 51.5 Å². The Hall–Kier alpha value is -0.0700. The Labute approximate surface area is 98.3 Å². The van der Waals surface area contributed by atoms with Crippen LogP contribution in [0, 0.1) is 13.7 Å². The molecule has 0 aliphatic heterocycles. The zero-order valence-corrected chi connectivity index (χ0v) is 9.93. The van der Waals surface area contributed by atoms with Crippen LogP contribution in [0.25, 0.3) is 0 Å². The minimum atomic E-state index is -0.480. The number of hydrogen-bond donors (Lipinski definition) is 0. The number of nitro groups is 1. The smallest absolute Gasteiger partial charge is 0.258 e. The number of halogens is 3. The minimum absolute atomic E-state index is 0.0214. The predicted molar refractivity (Wildman–Crippen MR) is 60.4 cm³/mol. The van der Waals surface area contributed by atoms with Gasteiger partial charge in [0.1, 0.15) is 0 Å². The molecule has 0 fully saturated rings. The summed E-state index contributed by atoms with van der Waals surface area (Å²) in [6, 6.07) is 3.09. The second-order valence-corrected chi connectivity index (χ2v) is 4.20. The molecule has 0 aliphatic carbocycles. The summed E-state index contributed by atoms with van der Waals surface area (Å²) in [4.78, 5) is 10.1. The quantitative estimate of drug-likeness (QED) is 0.360. The molecule has 0 bridgehead atoms. The Morgan fingerprint density at radius 2 is 2.15 bits per heavy atom. The molecule has 13 heavy (non-hydrogen) atoms. The van der Waals surface area contributed by atoms with Crippen molar-refractivity contribution in [3.05, 3.63) is 36.4 Å². The van der Waals surface area contributed by atoms with Crippen LogP contribution in [0.4, 0.5) is 5.69 Å². The first-order chi connectivity index (χ1) is 6.06. The van der Waals surface area contributed by atoms with Crippen LogP contribution in [0.1, 0.15) is 5.56 Å². The van der Waals surface area contributed by atoms with Gasteiger partial charge in [0.05, 0.1) is 21.4 Å². The molecule has 0 radical (unpaired) electrons. The molecule has 1 aromatic rings. The van der Waals surface area contributed by atoms with Crippen molar-refractivity contribution in [3.8, 4) is 0 Å². The van der Waals surface area contributed by atoms with E-state index in [1.165, 1.54) is 6.07 Å². The first-order valence-electron chi connectivity index (χ1n) is 3.24. The Morgan fingerprint density at radius 1 is 1.54 bits per heavy atom. The maximum absolute atomic E-state index is 10.6. The monoisotopic (exact) mass is 331 g/mol. The third-order valence-corrected chi connectivity index (χ3v) is 2.69. The predicted octanol–water partition coefficient (Wildman–Crippen LogP) is 3.59. The van der Waals surface area contributed by atoms with E-state index in [4.69, 9.17) is 23.2 Å². The second kappa shape index (κ2) is 4.43. The molecule has 0 unspecified atom stereocenters. The zero-order valence-electron chi connectivity index (χ0n) is 6.26. The Morgan fingerprint density at radius 3 is 2.62 bits per heavy atom. The summed E-state index contributed by atoms with van der Waals surface area (Å²) < 4.78 is 0.725. The van der Waals surface area contributed by atoms with Gasteiger partial charge in [0.15, 0.2) is 0 Å². The lowest BCUT2D eigenvalue weighted by Gasteiger charge is -2.01. The van der Waals surface area contributed by atoms with E-state index in [0.29, 0.717) is 10.6 Å². The molecule has 1 aromatic carbocycles. The van der Waals surface area contributed by atoms with Crippen LogP contribution in [0.3, 0.4) is 0 Å². The highest BCUT2D eigenvalue weighted by Crippen LogP contribution is 2.30. The van der Waals surface area contributed by atoms with Gasteiger partial charge in [-0.1, -0.05) is 11.6 Å². The van der Waals surface area contributed by atoms with Gasteiger partial charge in [0.2, 0.25) is 0 Å². The summed E-state index contributed by atoms with van der Waals surface area (Å²) in [5.74, 6) is 0.0477. The van der Waals surface area contributed by atoms with E-state index in [-0.39, 0.29) is 11.6 Å². The molecule has 0 saturated carbocycles. The lowest BCUT2D eigenvalue weighted by Crippen LogP contribution is -1.95. The van der Waals surface area contributed by atoms with Crippen molar-refractivity contribution in [2.45, 2.75) is 5.88 Å². The zero-order chi connectivity index (χ0) is 10.0. The molecule has 0 saturated heterocycles.